The fourth-order valence-corrected chi connectivity index (χ4v) is 2.62. The molecule has 0 heterocycles. The molecule has 0 saturated carbocycles. The van der Waals surface area contributed by atoms with E-state index in [-0.39, 0.29) is 24.6 Å². The van der Waals surface area contributed by atoms with Gasteiger partial charge in [0.2, 0.25) is 5.75 Å². The van der Waals surface area contributed by atoms with Gasteiger partial charge in [-0.1, -0.05) is 0 Å². The highest BCUT2D eigenvalue weighted by Gasteiger charge is 2.22. The molecule has 7 heteroatoms. The summed E-state index contributed by atoms with van der Waals surface area (Å²) in [6, 6.07) is 1.75. The molecule has 26 heavy (non-hydrogen) atoms. The van der Waals surface area contributed by atoms with Crippen LogP contribution in [0, 0.1) is 0 Å². The second-order valence-corrected chi connectivity index (χ2v) is 5.22. The van der Waals surface area contributed by atoms with E-state index in [1.807, 2.05) is 5.94 Å². The van der Waals surface area contributed by atoms with Gasteiger partial charge in [0.25, 0.3) is 0 Å². The molecule has 1 rings (SSSR count). The number of ether oxygens (including phenoxy) is 5. The van der Waals surface area contributed by atoms with E-state index in [0.29, 0.717) is 36.9 Å². The van der Waals surface area contributed by atoms with Crippen LogP contribution in [-0.2, 0) is 31.9 Å². The van der Waals surface area contributed by atoms with Crippen LogP contribution in [0.15, 0.2) is 11.8 Å². The molecular weight excluding hydrogens is 340 g/mol. The zero-order valence-corrected chi connectivity index (χ0v) is 16.0. The average molecular weight is 366 g/mol. The Morgan fingerprint density at radius 1 is 1.00 bits per heavy atom. The van der Waals surface area contributed by atoms with E-state index in [1.165, 1.54) is 21.3 Å². The van der Waals surface area contributed by atoms with Crippen LogP contribution in [0.1, 0.15) is 31.4 Å². The van der Waals surface area contributed by atoms with E-state index in [2.05, 4.69) is 0 Å². The summed E-state index contributed by atoms with van der Waals surface area (Å²) in [5.41, 5.74) is 1.46. The molecule has 0 fully saturated rings. The van der Waals surface area contributed by atoms with Crippen molar-refractivity contribution in [2.45, 2.75) is 33.1 Å². The van der Waals surface area contributed by atoms with E-state index in [4.69, 9.17) is 23.7 Å². The third-order valence-corrected chi connectivity index (χ3v) is 3.69. The maximum absolute atomic E-state index is 11.8. The quantitative estimate of drug-likeness (QED) is 0.338. The van der Waals surface area contributed by atoms with Gasteiger partial charge in [0.1, 0.15) is 0 Å². The lowest BCUT2D eigenvalue weighted by atomic mass is 9.97. The van der Waals surface area contributed by atoms with Crippen molar-refractivity contribution < 1.29 is 33.3 Å². The molecule has 0 amide bonds. The number of hydrogen-bond acceptors (Lipinski definition) is 7. The smallest absolute Gasteiger partial charge is 0.306 e. The lowest BCUT2D eigenvalue weighted by Gasteiger charge is -2.20. The van der Waals surface area contributed by atoms with Crippen molar-refractivity contribution >= 4 is 11.9 Å². The molecule has 1 aromatic carbocycles. The van der Waals surface area contributed by atoms with Gasteiger partial charge in [0.15, 0.2) is 23.2 Å². The first-order chi connectivity index (χ1) is 12.6. The number of carbonyl (C=O) groups excluding carboxylic acids is 2. The van der Waals surface area contributed by atoms with Gasteiger partial charge in [-0.25, -0.2) is 4.79 Å². The van der Waals surface area contributed by atoms with Gasteiger partial charge in [-0.15, -0.1) is 0 Å². The first-order valence-electron chi connectivity index (χ1n) is 8.39. The predicted molar refractivity (Wildman–Crippen MR) is 95.6 cm³/mol. The number of methoxy groups -OCH3 is 3. The Kier molecular flexibility index (Phi) is 9.09. The maximum atomic E-state index is 11.8. The normalized spacial score (nSPS) is 9.88. The minimum Gasteiger partial charge on any atom is -0.493 e. The number of esters is 1. The van der Waals surface area contributed by atoms with E-state index in [0.717, 1.165) is 11.1 Å². The minimum absolute atomic E-state index is 0.166. The molecule has 0 aliphatic rings. The summed E-state index contributed by atoms with van der Waals surface area (Å²) < 4.78 is 26.6. The van der Waals surface area contributed by atoms with E-state index in [1.54, 1.807) is 19.9 Å². The van der Waals surface area contributed by atoms with Crippen molar-refractivity contribution in [3.05, 3.63) is 23.0 Å². The Hall–Kier alpha value is -2.66. The maximum Gasteiger partial charge on any atom is 0.306 e. The number of hydrogen-bond donors (Lipinski definition) is 0. The summed E-state index contributed by atoms with van der Waals surface area (Å²) in [7, 11) is 4.53. The molecule has 0 aromatic heterocycles. The molecule has 0 aliphatic carbocycles. The SMILES string of the molecule is CCOC(=O)CCc1c(CC(=C=O)OCC)cc(OC)c(OC)c1OC. The van der Waals surface area contributed by atoms with Crippen LogP contribution in [0.3, 0.4) is 0 Å². The second-order valence-electron chi connectivity index (χ2n) is 5.22. The van der Waals surface area contributed by atoms with Crippen LogP contribution < -0.4 is 14.2 Å². The Labute approximate surface area is 153 Å². The predicted octanol–water partition coefficient (Wildman–Crippen LogP) is 2.50. The monoisotopic (exact) mass is 366 g/mol. The Balaban J connectivity index is 3.38. The zero-order valence-electron chi connectivity index (χ0n) is 16.0. The van der Waals surface area contributed by atoms with E-state index < -0.39 is 0 Å². The molecule has 0 atom stereocenters. The third kappa shape index (κ3) is 5.43. The van der Waals surface area contributed by atoms with Crippen LogP contribution in [0.2, 0.25) is 0 Å². The van der Waals surface area contributed by atoms with Gasteiger partial charge < -0.3 is 23.7 Å². The summed E-state index contributed by atoms with van der Waals surface area (Å²) in [5.74, 6) is 2.99. The molecule has 0 saturated heterocycles. The van der Waals surface area contributed by atoms with Gasteiger partial charge in [-0.05, 0) is 31.9 Å². The third-order valence-electron chi connectivity index (χ3n) is 3.69. The summed E-state index contributed by atoms with van der Waals surface area (Å²) >= 11 is 0. The lowest BCUT2D eigenvalue weighted by Crippen LogP contribution is -2.10. The van der Waals surface area contributed by atoms with Gasteiger partial charge >= 0.3 is 5.97 Å². The molecule has 0 aliphatic heterocycles. The number of carbonyl (C=O) groups is 1. The summed E-state index contributed by atoms with van der Waals surface area (Å²) in [4.78, 5) is 22.9. The highest BCUT2D eigenvalue weighted by Crippen LogP contribution is 2.43. The van der Waals surface area contributed by atoms with Crippen LogP contribution in [0.5, 0.6) is 17.2 Å². The Morgan fingerprint density at radius 2 is 1.65 bits per heavy atom. The highest BCUT2D eigenvalue weighted by atomic mass is 16.5. The molecule has 144 valence electrons. The largest absolute Gasteiger partial charge is 0.493 e. The fourth-order valence-electron chi connectivity index (χ4n) is 2.62. The molecule has 1 aromatic rings. The second kappa shape index (κ2) is 11.1. The summed E-state index contributed by atoms with van der Waals surface area (Å²) in [6.45, 7) is 4.21. The van der Waals surface area contributed by atoms with Crippen LogP contribution in [0.4, 0.5) is 0 Å². The van der Waals surface area contributed by atoms with Crippen LogP contribution in [0.25, 0.3) is 0 Å². The van der Waals surface area contributed by atoms with Gasteiger partial charge in [0, 0.05) is 18.4 Å². The summed E-state index contributed by atoms with van der Waals surface area (Å²) in [5, 5.41) is 0. The molecular formula is C19H26O7. The van der Waals surface area contributed by atoms with E-state index in [9.17, 15) is 9.59 Å². The average Bonchev–Trinajstić information content (AvgIpc) is 2.65. The molecule has 0 radical (unpaired) electrons. The van der Waals surface area contributed by atoms with Crippen LogP contribution >= 0.6 is 0 Å². The van der Waals surface area contributed by atoms with Gasteiger partial charge in [-0.3, -0.25) is 4.79 Å². The number of rotatable bonds is 11. The van der Waals surface area contributed by atoms with E-state index >= 15 is 0 Å². The Bertz CT molecular complexity index is 660. The molecule has 0 unspecified atom stereocenters. The Morgan fingerprint density at radius 3 is 2.15 bits per heavy atom. The number of allylic oxidation sites excluding steroid dienone is 1. The lowest BCUT2D eigenvalue weighted by molar-refractivity contribution is -0.143. The highest BCUT2D eigenvalue weighted by molar-refractivity contribution is 5.70. The van der Waals surface area contributed by atoms with Crippen molar-refractivity contribution in [2.75, 3.05) is 34.5 Å². The van der Waals surface area contributed by atoms with Crippen molar-refractivity contribution in [3.63, 3.8) is 0 Å². The first kappa shape index (κ1) is 21.4. The van der Waals surface area contributed by atoms with Crippen molar-refractivity contribution in [1.82, 2.24) is 0 Å². The minimum atomic E-state index is -0.314. The van der Waals surface area contributed by atoms with Crippen molar-refractivity contribution in [3.8, 4) is 17.2 Å². The molecule has 0 bridgehead atoms. The number of benzene rings is 1. The van der Waals surface area contributed by atoms with Crippen molar-refractivity contribution in [2.24, 2.45) is 0 Å². The molecule has 0 spiro atoms. The topological polar surface area (TPSA) is 80.3 Å². The zero-order chi connectivity index (χ0) is 19.5. The summed E-state index contributed by atoms with van der Waals surface area (Å²) in [6.07, 6.45) is 0.726. The van der Waals surface area contributed by atoms with Gasteiger partial charge in [-0.2, -0.15) is 0 Å². The van der Waals surface area contributed by atoms with Crippen LogP contribution in [-0.4, -0.2) is 46.5 Å². The van der Waals surface area contributed by atoms with Gasteiger partial charge in [0.05, 0.1) is 34.5 Å². The molecule has 7 nitrogen and oxygen atoms in total. The molecule has 0 N–H and O–H groups in total. The first-order valence-corrected chi connectivity index (χ1v) is 8.39. The standard InChI is InChI=1S/C19H26O7/c1-6-25-14(12-20)10-13-11-16(22-3)19(24-5)18(23-4)15(13)8-9-17(21)26-7-2/h11H,6-10H2,1-5H3. The van der Waals surface area contributed by atoms with Crippen molar-refractivity contribution in [1.29, 1.82) is 0 Å². The fraction of sp³-hybridized carbons (Fsp3) is 0.526.